The van der Waals surface area contributed by atoms with Crippen molar-refractivity contribution < 1.29 is 42.1 Å². The van der Waals surface area contributed by atoms with E-state index in [4.69, 9.17) is 18.5 Å². The number of hydrogen-bond donors (Lipinski definition) is 0. The van der Waals surface area contributed by atoms with E-state index in [2.05, 4.69) is 80.7 Å². The van der Waals surface area contributed by atoms with E-state index in [9.17, 15) is 19.0 Å². The van der Waals surface area contributed by atoms with Gasteiger partial charge in [-0.15, -0.1) is 0 Å². The first-order valence-electron chi connectivity index (χ1n) is 22.8. The number of unbranched alkanes of at least 4 members (excludes halogenated alkanes) is 14. The Balaban J connectivity index is 4.31. The van der Waals surface area contributed by atoms with E-state index in [1.807, 2.05) is 39.4 Å². The van der Waals surface area contributed by atoms with E-state index in [0.717, 1.165) is 89.9 Å². The van der Waals surface area contributed by atoms with Crippen LogP contribution < -0.4 is 4.89 Å². The Hall–Kier alpha value is -2.81. The number of esters is 2. The number of rotatable bonds is 40. The molecule has 0 radical (unpaired) electrons. The zero-order valence-electron chi connectivity index (χ0n) is 37.9. The maximum Gasteiger partial charge on any atom is 0.306 e. The second-order valence-electron chi connectivity index (χ2n) is 16.1. The van der Waals surface area contributed by atoms with Crippen molar-refractivity contribution in [2.75, 3.05) is 47.5 Å². The Labute approximate surface area is 361 Å². The van der Waals surface area contributed by atoms with Crippen LogP contribution in [0.25, 0.3) is 0 Å². The van der Waals surface area contributed by atoms with Gasteiger partial charge in [0.15, 0.2) is 6.10 Å². The average Bonchev–Trinajstić information content (AvgIpc) is 3.19. The first-order chi connectivity index (χ1) is 28.5. The van der Waals surface area contributed by atoms with Crippen molar-refractivity contribution >= 4 is 19.8 Å². The summed E-state index contributed by atoms with van der Waals surface area (Å²) in [7, 11) is 1.13. The third kappa shape index (κ3) is 44.6. The maximum absolute atomic E-state index is 12.7. The molecule has 0 aliphatic carbocycles. The lowest BCUT2D eigenvalue weighted by Gasteiger charge is -2.28. The molecule has 0 aromatic carbocycles. The number of ether oxygens (including phenoxy) is 2. The predicted octanol–water partition coefficient (Wildman–Crippen LogP) is 12.6. The number of phosphoric ester groups is 1. The molecule has 0 N–H and O–H groups in total. The topological polar surface area (TPSA) is 111 Å². The summed E-state index contributed by atoms with van der Waals surface area (Å²) < 4.78 is 33.9. The van der Waals surface area contributed by atoms with Gasteiger partial charge in [-0.2, -0.15) is 0 Å². The number of carbonyl (C=O) groups is 2. The Morgan fingerprint density at radius 2 is 1.00 bits per heavy atom. The summed E-state index contributed by atoms with van der Waals surface area (Å²) >= 11 is 0. The van der Waals surface area contributed by atoms with Crippen molar-refractivity contribution in [2.24, 2.45) is 0 Å². The van der Waals surface area contributed by atoms with Crippen LogP contribution in [0.4, 0.5) is 0 Å². The van der Waals surface area contributed by atoms with Gasteiger partial charge in [0.25, 0.3) is 7.82 Å². The Morgan fingerprint density at radius 1 is 0.542 bits per heavy atom. The molecule has 0 aliphatic rings. The van der Waals surface area contributed by atoms with E-state index in [0.29, 0.717) is 23.9 Å². The number of nitrogens with zero attached hydrogens (tertiary/aromatic N) is 1. The van der Waals surface area contributed by atoms with Gasteiger partial charge >= 0.3 is 11.9 Å². The van der Waals surface area contributed by atoms with Gasteiger partial charge in [0.1, 0.15) is 19.8 Å². The molecule has 9 nitrogen and oxygen atoms in total. The van der Waals surface area contributed by atoms with E-state index in [1.165, 1.54) is 32.1 Å². The molecule has 59 heavy (non-hydrogen) atoms. The first-order valence-corrected chi connectivity index (χ1v) is 24.3. The number of carbonyl (C=O) groups excluding carboxylic acids is 2. The van der Waals surface area contributed by atoms with Crippen LogP contribution in [-0.2, 0) is 32.7 Å². The summed E-state index contributed by atoms with van der Waals surface area (Å²) in [4.78, 5) is 37.6. The van der Waals surface area contributed by atoms with Crippen molar-refractivity contribution in [1.29, 1.82) is 0 Å². The molecule has 0 aromatic rings. The van der Waals surface area contributed by atoms with Gasteiger partial charge in [0.2, 0.25) is 0 Å². The molecule has 2 atom stereocenters. The minimum atomic E-state index is -4.64. The largest absolute Gasteiger partial charge is 0.756 e. The summed E-state index contributed by atoms with van der Waals surface area (Å²) in [6.45, 7) is 3.93. The molecule has 0 aromatic heterocycles. The first kappa shape index (κ1) is 56.2. The highest BCUT2D eigenvalue weighted by atomic mass is 31.2. The van der Waals surface area contributed by atoms with Gasteiger partial charge in [0, 0.05) is 12.8 Å². The van der Waals surface area contributed by atoms with Crippen LogP contribution in [0.1, 0.15) is 162 Å². The van der Waals surface area contributed by atoms with Crippen molar-refractivity contribution in [3.8, 4) is 0 Å². The van der Waals surface area contributed by atoms with Crippen molar-refractivity contribution in [3.05, 3.63) is 85.1 Å². The lowest BCUT2D eigenvalue weighted by molar-refractivity contribution is -0.870. The van der Waals surface area contributed by atoms with Crippen molar-refractivity contribution in [2.45, 2.75) is 168 Å². The second kappa shape index (κ2) is 40.6. The zero-order valence-corrected chi connectivity index (χ0v) is 38.8. The lowest BCUT2D eigenvalue weighted by atomic mass is 10.1. The molecule has 0 rings (SSSR count). The fourth-order valence-electron chi connectivity index (χ4n) is 5.70. The number of likely N-dealkylation sites (N-methyl/N-ethyl adjacent to an activating group) is 1. The summed E-state index contributed by atoms with van der Waals surface area (Å²) in [5.41, 5.74) is 0. The smallest absolute Gasteiger partial charge is 0.306 e. The summed E-state index contributed by atoms with van der Waals surface area (Å²) in [6, 6.07) is 0. The molecule has 0 fully saturated rings. The molecule has 0 bridgehead atoms. The van der Waals surface area contributed by atoms with Gasteiger partial charge < -0.3 is 27.9 Å². The number of quaternary nitrogens is 1. The molecule has 0 aliphatic heterocycles. The average molecular weight is 846 g/mol. The standard InChI is InChI=1S/C49H84NO8P/c1-6-8-10-12-14-16-18-20-21-22-23-24-25-26-27-28-30-31-33-35-37-39-41-48(51)55-45-47(46-57-59(53,54)56-44-43-50(3,4)5)58-49(52)42-40-38-36-34-32-29-19-17-15-13-11-9-7-2/h8-11,13-17,19-21,23-24,47H,6-7,12,18,22,25-46H2,1-5H3/b10-8+,11-9+,15-13+,16-14+,19-17+,21-20+,24-23+. The van der Waals surface area contributed by atoms with E-state index >= 15 is 0 Å². The van der Waals surface area contributed by atoms with Gasteiger partial charge in [-0.3, -0.25) is 14.2 Å². The predicted molar refractivity (Wildman–Crippen MR) is 245 cm³/mol. The maximum atomic E-state index is 12.7. The highest BCUT2D eigenvalue weighted by molar-refractivity contribution is 7.45. The molecule has 0 amide bonds. The number of hydrogen-bond acceptors (Lipinski definition) is 8. The van der Waals surface area contributed by atoms with E-state index in [-0.39, 0.29) is 26.1 Å². The van der Waals surface area contributed by atoms with Gasteiger partial charge in [0.05, 0.1) is 27.7 Å². The van der Waals surface area contributed by atoms with Gasteiger partial charge in [-0.1, -0.05) is 163 Å². The van der Waals surface area contributed by atoms with E-state index in [1.54, 1.807) is 0 Å². The minimum absolute atomic E-state index is 0.0407. The SMILES string of the molecule is CC/C=C/C=C/C=C/CCCCCCCC(=O)OC(COC(=O)CCCCCCCCCCC/C=C/C/C=C/C/C=C/C/C=C/CC)COP(=O)([O-])OCC[N+](C)(C)C. The number of phosphoric acid groups is 1. The van der Waals surface area contributed by atoms with Crippen LogP contribution in [0, 0.1) is 0 Å². The molecule has 0 heterocycles. The monoisotopic (exact) mass is 846 g/mol. The summed E-state index contributed by atoms with van der Waals surface area (Å²) in [5.74, 6) is -0.873. The molecular formula is C49H84NO8P. The summed E-state index contributed by atoms with van der Waals surface area (Å²) in [5, 5.41) is 0. The van der Waals surface area contributed by atoms with Crippen LogP contribution in [0.2, 0.25) is 0 Å². The fourth-order valence-corrected chi connectivity index (χ4v) is 6.43. The van der Waals surface area contributed by atoms with Crippen LogP contribution in [0.15, 0.2) is 85.1 Å². The highest BCUT2D eigenvalue weighted by Crippen LogP contribution is 2.38. The third-order valence-electron chi connectivity index (χ3n) is 9.22. The van der Waals surface area contributed by atoms with Crippen molar-refractivity contribution in [1.82, 2.24) is 0 Å². The van der Waals surface area contributed by atoms with Crippen LogP contribution in [0.5, 0.6) is 0 Å². The fraction of sp³-hybridized carbons (Fsp3) is 0.673. The normalized spacial score (nSPS) is 14.3. The van der Waals surface area contributed by atoms with Crippen LogP contribution in [0.3, 0.4) is 0 Å². The minimum Gasteiger partial charge on any atom is -0.756 e. The quantitative estimate of drug-likeness (QED) is 0.0150. The molecule has 10 heteroatoms. The molecule has 0 saturated carbocycles. The van der Waals surface area contributed by atoms with Gasteiger partial charge in [-0.05, 0) is 70.6 Å². The molecule has 2 unspecified atom stereocenters. The highest BCUT2D eigenvalue weighted by Gasteiger charge is 2.21. The molecular weight excluding hydrogens is 762 g/mol. The molecule has 338 valence electrons. The second-order valence-corrected chi connectivity index (χ2v) is 17.5. The molecule has 0 spiro atoms. The Bertz CT molecular complexity index is 1280. The Kier molecular flexibility index (Phi) is 38.7. The van der Waals surface area contributed by atoms with Gasteiger partial charge in [-0.25, -0.2) is 0 Å². The van der Waals surface area contributed by atoms with Crippen LogP contribution in [-0.4, -0.2) is 70.0 Å². The van der Waals surface area contributed by atoms with Crippen molar-refractivity contribution in [3.63, 3.8) is 0 Å². The number of allylic oxidation sites excluding steroid dienone is 14. The van der Waals surface area contributed by atoms with Crippen LogP contribution >= 0.6 is 7.82 Å². The molecule has 0 saturated heterocycles. The summed E-state index contributed by atoms with van der Waals surface area (Å²) in [6.07, 6.45) is 51.8. The Morgan fingerprint density at radius 3 is 1.54 bits per heavy atom. The zero-order chi connectivity index (χ0) is 43.6. The third-order valence-corrected chi connectivity index (χ3v) is 10.2. The van der Waals surface area contributed by atoms with E-state index < -0.39 is 32.5 Å². The lowest BCUT2D eigenvalue weighted by Crippen LogP contribution is -2.37.